The van der Waals surface area contributed by atoms with Gasteiger partial charge in [-0.25, -0.2) is 9.78 Å². The summed E-state index contributed by atoms with van der Waals surface area (Å²) >= 11 is 0. The Morgan fingerprint density at radius 1 is 1.03 bits per heavy atom. The largest absolute Gasteiger partial charge is 0.467 e. The van der Waals surface area contributed by atoms with Gasteiger partial charge in [0, 0.05) is 17.0 Å². The van der Waals surface area contributed by atoms with Crippen LogP contribution in [0.3, 0.4) is 0 Å². The minimum atomic E-state index is -0.656. The van der Waals surface area contributed by atoms with Crippen LogP contribution in [0.15, 0.2) is 59.5 Å². The quantitative estimate of drug-likeness (QED) is 0.303. The van der Waals surface area contributed by atoms with Crippen molar-refractivity contribution in [3.8, 4) is 0 Å². The monoisotopic (exact) mass is 443 g/mol. The van der Waals surface area contributed by atoms with Gasteiger partial charge in [-0.1, -0.05) is 44.2 Å². The number of esters is 1. The van der Waals surface area contributed by atoms with E-state index in [2.05, 4.69) is 23.2 Å². The molecule has 2 aromatic carbocycles. The lowest BCUT2D eigenvalue weighted by Crippen LogP contribution is -2.33. The van der Waals surface area contributed by atoms with Crippen molar-refractivity contribution < 1.29 is 9.53 Å². The van der Waals surface area contributed by atoms with Gasteiger partial charge in [-0.2, -0.15) is 0 Å². The highest BCUT2D eigenvalue weighted by Crippen LogP contribution is 2.24. The first kappa shape index (κ1) is 22.6. The van der Waals surface area contributed by atoms with E-state index < -0.39 is 12.0 Å². The highest BCUT2D eigenvalue weighted by atomic mass is 16.5. The highest BCUT2D eigenvalue weighted by Gasteiger charge is 2.24. The van der Waals surface area contributed by atoms with Crippen molar-refractivity contribution in [3.05, 3.63) is 82.0 Å². The normalized spacial score (nSPS) is 12.4. The van der Waals surface area contributed by atoms with Crippen molar-refractivity contribution >= 4 is 27.8 Å². The van der Waals surface area contributed by atoms with Crippen molar-refractivity contribution in [1.82, 2.24) is 14.5 Å². The van der Waals surface area contributed by atoms with Gasteiger partial charge in [0.05, 0.1) is 23.8 Å². The lowest BCUT2D eigenvalue weighted by Gasteiger charge is -2.20. The second kappa shape index (κ2) is 9.53. The van der Waals surface area contributed by atoms with E-state index in [-0.39, 0.29) is 11.5 Å². The molecule has 0 saturated heterocycles. The van der Waals surface area contributed by atoms with Crippen molar-refractivity contribution in [3.63, 3.8) is 0 Å². The minimum Gasteiger partial charge on any atom is -0.467 e. The lowest BCUT2D eigenvalue weighted by molar-refractivity contribution is -0.145. The van der Waals surface area contributed by atoms with Gasteiger partial charge in [0.25, 0.3) is 5.56 Å². The first-order valence-electron chi connectivity index (χ1n) is 11.3. The molecule has 0 amide bonds. The Morgan fingerprint density at radius 3 is 2.55 bits per heavy atom. The molecule has 6 heteroatoms. The number of hydrogen-bond acceptors (Lipinski definition) is 5. The van der Waals surface area contributed by atoms with Crippen LogP contribution in [-0.2, 0) is 22.4 Å². The van der Waals surface area contributed by atoms with Crippen LogP contribution in [0.5, 0.6) is 0 Å². The molecule has 0 saturated carbocycles. The van der Waals surface area contributed by atoms with Crippen LogP contribution in [0, 0.1) is 12.8 Å². The molecule has 0 fully saturated rings. The first-order valence-corrected chi connectivity index (χ1v) is 11.3. The molecule has 0 aliphatic heterocycles. The molecule has 0 aliphatic rings. The number of para-hydroxylation sites is 1. The SMILES string of the molecule is COC(=O)C(CC(C)C)n1cc(CCc2cccc3nc4ccccc4cc23)nc(C)c1=O. The fraction of sp³-hybridized carbons (Fsp3) is 0.333. The summed E-state index contributed by atoms with van der Waals surface area (Å²) in [5.74, 6) is -0.176. The Kier molecular flexibility index (Phi) is 6.54. The summed E-state index contributed by atoms with van der Waals surface area (Å²) in [6.45, 7) is 5.74. The standard InChI is InChI=1S/C27H29N3O3/c1-17(2)14-25(27(32)33-4)30-16-21(28-18(3)26(30)31)13-12-19-9-7-11-24-22(19)15-20-8-5-6-10-23(20)29-24/h5-11,15-17,25H,12-14H2,1-4H3. The Morgan fingerprint density at radius 2 is 1.79 bits per heavy atom. The third kappa shape index (κ3) is 4.80. The summed E-state index contributed by atoms with van der Waals surface area (Å²) in [5, 5.41) is 2.23. The molecular formula is C27H29N3O3. The van der Waals surface area contributed by atoms with E-state index >= 15 is 0 Å². The predicted molar refractivity (Wildman–Crippen MR) is 130 cm³/mol. The molecule has 0 N–H and O–H groups in total. The zero-order valence-corrected chi connectivity index (χ0v) is 19.5. The van der Waals surface area contributed by atoms with Crippen LogP contribution >= 0.6 is 0 Å². The van der Waals surface area contributed by atoms with E-state index in [4.69, 9.17) is 9.72 Å². The zero-order chi connectivity index (χ0) is 23.5. The predicted octanol–water partition coefficient (Wildman–Crippen LogP) is 4.80. The Labute approximate surface area is 193 Å². The van der Waals surface area contributed by atoms with Gasteiger partial charge in [0.2, 0.25) is 0 Å². The number of carbonyl (C=O) groups excluding carboxylic acids is 1. The summed E-state index contributed by atoms with van der Waals surface area (Å²) in [7, 11) is 1.36. The summed E-state index contributed by atoms with van der Waals surface area (Å²) in [4.78, 5) is 34.6. The van der Waals surface area contributed by atoms with Crippen molar-refractivity contribution in [1.29, 1.82) is 0 Å². The molecule has 1 atom stereocenters. The number of hydrogen-bond donors (Lipinski definition) is 0. The fourth-order valence-electron chi connectivity index (χ4n) is 4.30. The van der Waals surface area contributed by atoms with Crippen LogP contribution in [0.25, 0.3) is 21.8 Å². The smallest absolute Gasteiger partial charge is 0.328 e. The van der Waals surface area contributed by atoms with Gasteiger partial charge in [0.1, 0.15) is 11.7 Å². The average molecular weight is 444 g/mol. The molecule has 0 bridgehead atoms. The van der Waals surface area contributed by atoms with E-state index in [1.54, 1.807) is 13.1 Å². The number of aromatic nitrogens is 3. The van der Waals surface area contributed by atoms with E-state index in [0.717, 1.165) is 33.9 Å². The fourth-order valence-corrected chi connectivity index (χ4v) is 4.30. The molecule has 0 spiro atoms. The van der Waals surface area contributed by atoms with E-state index in [0.29, 0.717) is 18.5 Å². The Balaban J connectivity index is 1.67. The van der Waals surface area contributed by atoms with Gasteiger partial charge in [-0.3, -0.25) is 14.3 Å². The third-order valence-corrected chi connectivity index (χ3v) is 5.95. The summed E-state index contributed by atoms with van der Waals surface area (Å²) in [5.41, 5.74) is 4.02. The van der Waals surface area contributed by atoms with Crippen LogP contribution in [0.4, 0.5) is 0 Å². The summed E-state index contributed by atoms with van der Waals surface area (Å²) in [6.07, 6.45) is 3.63. The van der Waals surface area contributed by atoms with E-state index in [1.807, 2.05) is 44.2 Å². The second-order valence-corrected chi connectivity index (χ2v) is 8.86. The number of aryl methyl sites for hydroxylation is 3. The summed E-state index contributed by atoms with van der Waals surface area (Å²) < 4.78 is 6.49. The van der Waals surface area contributed by atoms with Gasteiger partial charge in [-0.05, 0) is 55.9 Å². The molecule has 0 aliphatic carbocycles. The minimum absolute atomic E-state index is 0.232. The Bertz CT molecular complexity index is 1370. The van der Waals surface area contributed by atoms with Crippen LogP contribution < -0.4 is 5.56 Å². The molecule has 2 aromatic heterocycles. The van der Waals surface area contributed by atoms with Gasteiger partial charge in [-0.15, -0.1) is 0 Å². The van der Waals surface area contributed by atoms with Crippen molar-refractivity contribution in [2.75, 3.05) is 7.11 Å². The highest BCUT2D eigenvalue weighted by molar-refractivity contribution is 5.94. The maximum absolute atomic E-state index is 12.8. The molecule has 4 aromatic rings. The van der Waals surface area contributed by atoms with Gasteiger partial charge >= 0.3 is 5.97 Å². The van der Waals surface area contributed by atoms with E-state index in [9.17, 15) is 9.59 Å². The number of rotatable bonds is 7. The van der Waals surface area contributed by atoms with E-state index in [1.165, 1.54) is 17.2 Å². The van der Waals surface area contributed by atoms with Gasteiger partial charge < -0.3 is 4.74 Å². The number of benzene rings is 2. The molecule has 0 radical (unpaired) electrons. The van der Waals surface area contributed by atoms with Crippen LogP contribution in [0.2, 0.25) is 0 Å². The topological polar surface area (TPSA) is 74.1 Å². The number of ether oxygens (including phenoxy) is 1. The van der Waals surface area contributed by atoms with Crippen molar-refractivity contribution in [2.45, 2.75) is 46.1 Å². The van der Waals surface area contributed by atoms with Gasteiger partial charge in [0.15, 0.2) is 0 Å². The Hall–Kier alpha value is -3.54. The molecule has 170 valence electrons. The lowest BCUT2D eigenvalue weighted by atomic mass is 10.0. The summed E-state index contributed by atoms with van der Waals surface area (Å²) in [6, 6.07) is 15.8. The number of carbonyl (C=O) groups is 1. The van der Waals surface area contributed by atoms with Crippen LogP contribution in [-0.4, -0.2) is 27.6 Å². The molecule has 6 nitrogen and oxygen atoms in total. The maximum Gasteiger partial charge on any atom is 0.328 e. The zero-order valence-electron chi connectivity index (χ0n) is 19.5. The molecule has 33 heavy (non-hydrogen) atoms. The number of methoxy groups -OCH3 is 1. The number of nitrogens with zero attached hydrogens (tertiary/aromatic N) is 3. The van der Waals surface area contributed by atoms with Crippen molar-refractivity contribution in [2.24, 2.45) is 5.92 Å². The number of fused-ring (bicyclic) bond motifs is 2. The third-order valence-electron chi connectivity index (χ3n) is 5.95. The molecule has 2 heterocycles. The molecule has 4 rings (SSSR count). The maximum atomic E-state index is 12.8. The second-order valence-electron chi connectivity index (χ2n) is 8.86. The first-order chi connectivity index (χ1) is 15.9. The van der Waals surface area contributed by atoms with Crippen LogP contribution in [0.1, 0.15) is 43.3 Å². The number of pyridine rings is 1. The molecular weight excluding hydrogens is 414 g/mol. The average Bonchev–Trinajstić information content (AvgIpc) is 2.81. The molecule has 1 unspecified atom stereocenters.